The molecule has 1 aliphatic carbocycles. The van der Waals surface area contributed by atoms with Gasteiger partial charge in [0.25, 0.3) is 0 Å². The molecule has 1 saturated carbocycles. The monoisotopic (exact) mass is 462 g/mol. The van der Waals surface area contributed by atoms with Crippen LogP contribution in [0.1, 0.15) is 44.6 Å². The summed E-state index contributed by atoms with van der Waals surface area (Å²) in [5, 5.41) is 30.2. The zero-order chi connectivity index (χ0) is 23.8. The molecule has 1 aromatic carbocycles. The first kappa shape index (κ1) is 25.7. The predicted octanol–water partition coefficient (Wildman–Crippen LogP) is 3.35. The molecule has 0 radical (unpaired) electrons. The Balaban J connectivity index is 1.49. The van der Waals surface area contributed by atoms with Crippen molar-refractivity contribution in [2.45, 2.75) is 70.4 Å². The van der Waals surface area contributed by atoms with E-state index in [9.17, 15) is 20.1 Å². The van der Waals surface area contributed by atoms with Crippen LogP contribution in [0.5, 0.6) is 5.75 Å². The number of carboxylic acids is 1. The van der Waals surface area contributed by atoms with Crippen molar-refractivity contribution in [3.05, 3.63) is 42.0 Å². The van der Waals surface area contributed by atoms with Crippen molar-refractivity contribution in [2.75, 3.05) is 19.8 Å². The van der Waals surface area contributed by atoms with E-state index in [1.807, 2.05) is 44.2 Å². The lowest BCUT2D eigenvalue weighted by molar-refractivity contribution is -0.152. The second-order valence-electron chi connectivity index (χ2n) is 9.38. The fraction of sp³-hybridized carbons (Fsp3) is 0.654. The van der Waals surface area contributed by atoms with Crippen LogP contribution in [-0.2, 0) is 14.3 Å². The van der Waals surface area contributed by atoms with Crippen LogP contribution >= 0.6 is 0 Å². The minimum absolute atomic E-state index is 0.0356. The molecule has 1 saturated heterocycles. The minimum atomic E-state index is -0.915. The molecule has 3 rings (SSSR count). The van der Waals surface area contributed by atoms with Crippen molar-refractivity contribution < 1.29 is 34.3 Å². The molecule has 3 N–H and O–H groups in total. The maximum Gasteiger partial charge on any atom is 0.332 e. The van der Waals surface area contributed by atoms with Gasteiger partial charge in [0.2, 0.25) is 0 Å². The molecule has 184 valence electrons. The number of carboxylic acid groups (broad SMARTS) is 1. The van der Waals surface area contributed by atoms with Crippen molar-refractivity contribution in [1.29, 1.82) is 0 Å². The van der Waals surface area contributed by atoms with Crippen molar-refractivity contribution in [2.24, 2.45) is 17.8 Å². The molecule has 7 nitrogen and oxygen atoms in total. The largest absolute Gasteiger partial charge is 0.491 e. The summed E-state index contributed by atoms with van der Waals surface area (Å²) < 4.78 is 17.4. The van der Waals surface area contributed by atoms with Crippen molar-refractivity contribution in [3.8, 4) is 5.75 Å². The van der Waals surface area contributed by atoms with E-state index in [-0.39, 0.29) is 30.5 Å². The Morgan fingerprint density at radius 3 is 2.73 bits per heavy atom. The van der Waals surface area contributed by atoms with E-state index in [0.29, 0.717) is 31.8 Å². The number of hydrogen-bond acceptors (Lipinski definition) is 6. The summed E-state index contributed by atoms with van der Waals surface area (Å²) in [6.45, 7) is 4.98. The molecule has 0 spiro atoms. The van der Waals surface area contributed by atoms with E-state index in [2.05, 4.69) is 0 Å². The number of aryl methyl sites for hydroxylation is 1. The second kappa shape index (κ2) is 12.5. The Kier molecular flexibility index (Phi) is 9.74. The SMILES string of the molecule is CCCC(OC[C@@H]1CC[C@@H]2[C@@H](/C=C/[C@@H](O)COc3ccc(C)cc3)[C@H](O)C[C@@H]2OC1)C(=O)O. The topological polar surface area (TPSA) is 105 Å². The highest BCUT2D eigenvalue weighted by molar-refractivity contribution is 5.72. The maximum atomic E-state index is 11.3. The number of aliphatic hydroxyl groups is 2. The van der Waals surface area contributed by atoms with Crippen LogP contribution in [0, 0.1) is 24.7 Å². The van der Waals surface area contributed by atoms with E-state index in [0.717, 1.165) is 24.8 Å². The molecule has 1 aromatic rings. The quantitative estimate of drug-likeness (QED) is 0.433. The Morgan fingerprint density at radius 1 is 1.27 bits per heavy atom. The third-order valence-corrected chi connectivity index (χ3v) is 6.70. The Morgan fingerprint density at radius 2 is 2.03 bits per heavy atom. The van der Waals surface area contributed by atoms with Gasteiger partial charge in [-0.3, -0.25) is 0 Å². The van der Waals surface area contributed by atoms with Gasteiger partial charge in [-0.25, -0.2) is 4.79 Å². The lowest BCUT2D eigenvalue weighted by Gasteiger charge is -2.21. The Hall–Kier alpha value is -1.93. The Bertz CT molecular complexity index is 762. The first-order valence-corrected chi connectivity index (χ1v) is 12.1. The molecule has 2 fully saturated rings. The summed E-state index contributed by atoms with van der Waals surface area (Å²) >= 11 is 0. The van der Waals surface area contributed by atoms with Gasteiger partial charge < -0.3 is 29.5 Å². The van der Waals surface area contributed by atoms with Crippen LogP contribution in [0.15, 0.2) is 36.4 Å². The van der Waals surface area contributed by atoms with Crippen molar-refractivity contribution in [1.82, 2.24) is 0 Å². The fourth-order valence-electron chi connectivity index (χ4n) is 4.77. The van der Waals surface area contributed by atoms with E-state index < -0.39 is 24.3 Å². The van der Waals surface area contributed by atoms with Crippen molar-refractivity contribution >= 4 is 5.97 Å². The van der Waals surface area contributed by atoms with Gasteiger partial charge in [0.05, 0.1) is 25.4 Å². The van der Waals surface area contributed by atoms with Crippen LogP contribution in [0.2, 0.25) is 0 Å². The standard InChI is InChI=1S/C26H38O7/c1-3-4-24(26(29)30)32-14-18-7-11-22-21(23(28)13-25(22)33-15-18)12-8-19(27)16-31-20-9-5-17(2)6-10-20/h5-6,8-10,12,18-19,21-25,27-28H,3-4,7,11,13-16H2,1-2H3,(H,29,30)/b12-8+/t18-,19+,21+,22+,23+,24?,25-/m0/s1. The molecular formula is C26H38O7. The normalized spacial score (nSPS) is 29.4. The van der Waals surface area contributed by atoms with Crippen LogP contribution in [-0.4, -0.2) is 65.5 Å². The molecule has 0 bridgehead atoms. The van der Waals surface area contributed by atoms with Crippen LogP contribution in [0.3, 0.4) is 0 Å². The van der Waals surface area contributed by atoms with Gasteiger partial charge in [-0.2, -0.15) is 0 Å². The van der Waals surface area contributed by atoms with E-state index in [1.54, 1.807) is 6.08 Å². The maximum absolute atomic E-state index is 11.3. The van der Waals surface area contributed by atoms with E-state index >= 15 is 0 Å². The van der Waals surface area contributed by atoms with Crippen LogP contribution < -0.4 is 4.74 Å². The van der Waals surface area contributed by atoms with Crippen LogP contribution in [0.25, 0.3) is 0 Å². The number of aliphatic carboxylic acids is 1. The number of carbonyl (C=O) groups is 1. The third kappa shape index (κ3) is 7.54. The highest BCUT2D eigenvalue weighted by Crippen LogP contribution is 2.41. The highest BCUT2D eigenvalue weighted by atomic mass is 16.5. The molecule has 1 unspecified atom stereocenters. The van der Waals surface area contributed by atoms with Crippen LogP contribution in [0.4, 0.5) is 0 Å². The predicted molar refractivity (Wildman–Crippen MR) is 124 cm³/mol. The summed E-state index contributed by atoms with van der Waals surface area (Å²) in [6.07, 6.45) is 5.09. The van der Waals surface area contributed by atoms with Gasteiger partial charge in [0.1, 0.15) is 18.5 Å². The Labute approximate surface area is 196 Å². The van der Waals surface area contributed by atoms with Crippen molar-refractivity contribution in [3.63, 3.8) is 0 Å². The first-order valence-electron chi connectivity index (χ1n) is 12.1. The molecule has 1 heterocycles. The van der Waals surface area contributed by atoms with Gasteiger partial charge in [0, 0.05) is 18.3 Å². The number of hydrogen-bond donors (Lipinski definition) is 3. The van der Waals surface area contributed by atoms with Gasteiger partial charge >= 0.3 is 5.97 Å². The zero-order valence-electron chi connectivity index (χ0n) is 19.6. The number of aliphatic hydroxyl groups excluding tert-OH is 2. The highest BCUT2D eigenvalue weighted by Gasteiger charge is 2.43. The molecule has 7 heteroatoms. The molecular weight excluding hydrogens is 424 g/mol. The van der Waals surface area contributed by atoms with Gasteiger partial charge in [-0.1, -0.05) is 43.2 Å². The number of ether oxygens (including phenoxy) is 3. The van der Waals surface area contributed by atoms with E-state index in [4.69, 9.17) is 14.2 Å². The fourth-order valence-corrected chi connectivity index (χ4v) is 4.77. The number of rotatable bonds is 11. The lowest BCUT2D eigenvalue weighted by Crippen LogP contribution is -2.27. The third-order valence-electron chi connectivity index (χ3n) is 6.70. The molecule has 7 atom stereocenters. The summed E-state index contributed by atoms with van der Waals surface area (Å²) in [4.78, 5) is 11.3. The second-order valence-corrected chi connectivity index (χ2v) is 9.38. The number of fused-ring (bicyclic) bond motifs is 1. The zero-order valence-corrected chi connectivity index (χ0v) is 19.6. The average molecular weight is 463 g/mol. The van der Waals surface area contributed by atoms with Gasteiger partial charge in [-0.05, 0) is 44.2 Å². The summed E-state index contributed by atoms with van der Waals surface area (Å²) in [5.41, 5.74) is 1.15. The molecule has 0 amide bonds. The smallest absolute Gasteiger partial charge is 0.332 e. The molecule has 0 aromatic heterocycles. The number of benzene rings is 1. The summed E-state index contributed by atoms with van der Waals surface area (Å²) in [7, 11) is 0. The first-order chi connectivity index (χ1) is 15.9. The molecule has 33 heavy (non-hydrogen) atoms. The average Bonchev–Trinajstić information content (AvgIpc) is 2.95. The minimum Gasteiger partial charge on any atom is -0.491 e. The van der Waals surface area contributed by atoms with E-state index in [1.165, 1.54) is 0 Å². The lowest BCUT2D eigenvalue weighted by atomic mass is 9.87. The van der Waals surface area contributed by atoms with Gasteiger partial charge in [0.15, 0.2) is 6.10 Å². The summed E-state index contributed by atoms with van der Waals surface area (Å²) in [5.74, 6) is 0.0162. The summed E-state index contributed by atoms with van der Waals surface area (Å²) in [6, 6.07) is 7.67. The molecule has 2 aliphatic rings. The van der Waals surface area contributed by atoms with Gasteiger partial charge in [-0.15, -0.1) is 0 Å². The molecule has 1 aliphatic heterocycles.